The SMILES string of the molecule is CCCC(O)C(CC)COC(=O)NCC. The van der Waals surface area contributed by atoms with Crippen LogP contribution in [0.3, 0.4) is 0 Å². The summed E-state index contributed by atoms with van der Waals surface area (Å²) in [6.45, 7) is 6.71. The van der Waals surface area contributed by atoms with E-state index >= 15 is 0 Å². The third-order valence-electron chi connectivity index (χ3n) is 2.40. The van der Waals surface area contributed by atoms with Gasteiger partial charge in [-0.1, -0.05) is 20.3 Å². The summed E-state index contributed by atoms with van der Waals surface area (Å²) in [6, 6.07) is 0. The minimum atomic E-state index is -0.403. The molecule has 90 valence electrons. The second kappa shape index (κ2) is 8.53. The first-order valence-corrected chi connectivity index (χ1v) is 5.74. The van der Waals surface area contributed by atoms with Crippen LogP contribution in [0.15, 0.2) is 0 Å². The number of ether oxygens (including phenoxy) is 1. The average Bonchev–Trinajstić information content (AvgIpc) is 2.19. The Kier molecular flexibility index (Phi) is 8.09. The summed E-state index contributed by atoms with van der Waals surface area (Å²) in [5.74, 6) is 0.0487. The highest BCUT2D eigenvalue weighted by Crippen LogP contribution is 2.13. The first-order chi connectivity index (χ1) is 7.15. The van der Waals surface area contributed by atoms with Gasteiger partial charge in [0.05, 0.1) is 12.7 Å². The lowest BCUT2D eigenvalue weighted by Crippen LogP contribution is -2.30. The van der Waals surface area contributed by atoms with Crippen molar-refractivity contribution < 1.29 is 14.6 Å². The van der Waals surface area contributed by atoms with Gasteiger partial charge in [0.1, 0.15) is 0 Å². The van der Waals surface area contributed by atoms with Crippen LogP contribution < -0.4 is 5.32 Å². The maximum atomic E-state index is 11.0. The molecule has 15 heavy (non-hydrogen) atoms. The lowest BCUT2D eigenvalue weighted by Gasteiger charge is -2.20. The number of aliphatic hydroxyl groups excluding tert-OH is 1. The third-order valence-corrected chi connectivity index (χ3v) is 2.40. The molecule has 4 nitrogen and oxygen atoms in total. The van der Waals surface area contributed by atoms with Gasteiger partial charge in [-0.3, -0.25) is 0 Å². The topological polar surface area (TPSA) is 58.6 Å². The van der Waals surface area contributed by atoms with Gasteiger partial charge >= 0.3 is 6.09 Å². The number of aliphatic hydroxyl groups is 1. The zero-order valence-corrected chi connectivity index (χ0v) is 9.95. The first-order valence-electron chi connectivity index (χ1n) is 5.74. The van der Waals surface area contributed by atoms with Crippen LogP contribution in [0.1, 0.15) is 40.0 Å². The number of amides is 1. The molecule has 0 fully saturated rings. The molecular weight excluding hydrogens is 194 g/mol. The highest BCUT2D eigenvalue weighted by molar-refractivity contribution is 5.66. The predicted molar refractivity (Wildman–Crippen MR) is 59.7 cm³/mol. The fourth-order valence-electron chi connectivity index (χ4n) is 1.41. The Morgan fingerprint density at radius 3 is 2.53 bits per heavy atom. The molecule has 2 N–H and O–H groups in total. The van der Waals surface area contributed by atoms with Crippen LogP contribution in [-0.4, -0.2) is 30.5 Å². The minimum absolute atomic E-state index is 0.0487. The van der Waals surface area contributed by atoms with E-state index in [2.05, 4.69) is 5.32 Å². The molecule has 0 heterocycles. The highest BCUT2D eigenvalue weighted by Gasteiger charge is 2.18. The summed E-state index contributed by atoms with van der Waals surface area (Å²) >= 11 is 0. The van der Waals surface area contributed by atoms with Gasteiger partial charge in [0, 0.05) is 12.5 Å². The summed E-state index contributed by atoms with van der Waals surface area (Å²) < 4.78 is 4.99. The molecule has 0 spiro atoms. The van der Waals surface area contributed by atoms with Gasteiger partial charge in [-0.05, 0) is 19.8 Å². The molecule has 2 unspecified atom stereocenters. The summed E-state index contributed by atoms with van der Waals surface area (Å²) in [6.07, 6.45) is 1.76. The summed E-state index contributed by atoms with van der Waals surface area (Å²) in [5.41, 5.74) is 0. The van der Waals surface area contributed by atoms with Gasteiger partial charge in [0.25, 0.3) is 0 Å². The quantitative estimate of drug-likeness (QED) is 0.685. The normalized spacial score (nSPS) is 14.4. The van der Waals surface area contributed by atoms with Crippen LogP contribution in [0.2, 0.25) is 0 Å². The van der Waals surface area contributed by atoms with Crippen molar-refractivity contribution >= 4 is 6.09 Å². The van der Waals surface area contributed by atoms with E-state index < -0.39 is 6.09 Å². The van der Waals surface area contributed by atoms with Crippen LogP contribution >= 0.6 is 0 Å². The maximum absolute atomic E-state index is 11.0. The van der Waals surface area contributed by atoms with Crippen molar-refractivity contribution in [1.29, 1.82) is 0 Å². The van der Waals surface area contributed by atoms with Gasteiger partial charge in [-0.2, -0.15) is 0 Å². The maximum Gasteiger partial charge on any atom is 0.407 e. The average molecular weight is 217 g/mol. The Hall–Kier alpha value is -0.770. The summed E-state index contributed by atoms with van der Waals surface area (Å²) in [7, 11) is 0. The zero-order chi connectivity index (χ0) is 11.7. The van der Waals surface area contributed by atoms with Crippen molar-refractivity contribution in [2.75, 3.05) is 13.2 Å². The third kappa shape index (κ3) is 6.33. The molecule has 0 aromatic rings. The van der Waals surface area contributed by atoms with Gasteiger partial charge < -0.3 is 15.2 Å². The van der Waals surface area contributed by atoms with Gasteiger partial charge in [0.2, 0.25) is 0 Å². The first kappa shape index (κ1) is 14.2. The smallest absolute Gasteiger partial charge is 0.407 e. The van der Waals surface area contributed by atoms with E-state index in [1.54, 1.807) is 0 Å². The minimum Gasteiger partial charge on any atom is -0.449 e. The lowest BCUT2D eigenvalue weighted by molar-refractivity contribution is 0.0461. The van der Waals surface area contributed by atoms with Crippen LogP contribution in [-0.2, 0) is 4.74 Å². The fraction of sp³-hybridized carbons (Fsp3) is 0.909. The Balaban J connectivity index is 3.83. The monoisotopic (exact) mass is 217 g/mol. The van der Waals surface area contributed by atoms with Gasteiger partial charge in [-0.15, -0.1) is 0 Å². The largest absolute Gasteiger partial charge is 0.449 e. The van der Waals surface area contributed by atoms with E-state index in [0.29, 0.717) is 13.2 Å². The number of alkyl carbamates (subject to hydrolysis) is 1. The molecule has 0 aliphatic rings. The Morgan fingerprint density at radius 1 is 1.40 bits per heavy atom. The number of carbonyl (C=O) groups excluding carboxylic acids is 1. The van der Waals surface area contributed by atoms with Crippen molar-refractivity contribution in [1.82, 2.24) is 5.32 Å². The molecular formula is C11H23NO3. The van der Waals surface area contributed by atoms with E-state index in [0.717, 1.165) is 19.3 Å². The van der Waals surface area contributed by atoms with Crippen molar-refractivity contribution in [2.45, 2.75) is 46.1 Å². The number of carbonyl (C=O) groups is 1. The Bertz CT molecular complexity index is 173. The molecule has 0 saturated heterocycles. The zero-order valence-electron chi connectivity index (χ0n) is 9.95. The summed E-state index contributed by atoms with van der Waals surface area (Å²) in [4.78, 5) is 11.0. The molecule has 0 radical (unpaired) electrons. The molecule has 1 amide bonds. The Labute approximate surface area is 92.0 Å². The lowest BCUT2D eigenvalue weighted by atomic mass is 9.97. The van der Waals surface area contributed by atoms with Crippen molar-refractivity contribution in [3.8, 4) is 0 Å². The number of hydrogen-bond donors (Lipinski definition) is 2. The highest BCUT2D eigenvalue weighted by atomic mass is 16.5. The molecule has 0 aliphatic heterocycles. The molecule has 0 aromatic heterocycles. The van der Waals surface area contributed by atoms with Crippen LogP contribution in [0.25, 0.3) is 0 Å². The van der Waals surface area contributed by atoms with Gasteiger partial charge in [0.15, 0.2) is 0 Å². The van der Waals surface area contributed by atoms with Crippen molar-refractivity contribution in [3.63, 3.8) is 0 Å². The molecule has 0 aromatic carbocycles. The molecule has 2 atom stereocenters. The number of hydrogen-bond acceptors (Lipinski definition) is 3. The molecule has 0 rings (SSSR count). The Morgan fingerprint density at radius 2 is 2.07 bits per heavy atom. The van der Waals surface area contributed by atoms with E-state index in [1.165, 1.54) is 0 Å². The second-order valence-corrected chi connectivity index (χ2v) is 3.65. The van der Waals surface area contributed by atoms with Crippen LogP contribution in [0.5, 0.6) is 0 Å². The van der Waals surface area contributed by atoms with E-state index in [9.17, 15) is 9.90 Å². The van der Waals surface area contributed by atoms with Crippen molar-refractivity contribution in [2.24, 2.45) is 5.92 Å². The molecule has 4 heteroatoms. The van der Waals surface area contributed by atoms with E-state index in [1.807, 2.05) is 20.8 Å². The molecule has 0 saturated carbocycles. The van der Waals surface area contributed by atoms with E-state index in [-0.39, 0.29) is 12.0 Å². The molecule has 0 bridgehead atoms. The fourth-order valence-corrected chi connectivity index (χ4v) is 1.41. The molecule has 0 aliphatic carbocycles. The predicted octanol–water partition coefficient (Wildman–Crippen LogP) is 1.92. The second-order valence-electron chi connectivity index (χ2n) is 3.65. The van der Waals surface area contributed by atoms with E-state index in [4.69, 9.17) is 4.74 Å². The van der Waals surface area contributed by atoms with Crippen LogP contribution in [0, 0.1) is 5.92 Å². The standard InChI is InChI=1S/C11H23NO3/c1-4-7-10(13)9(5-2)8-15-11(14)12-6-3/h9-10,13H,4-8H2,1-3H3,(H,12,14). The van der Waals surface area contributed by atoms with Crippen LogP contribution in [0.4, 0.5) is 4.79 Å². The number of nitrogens with one attached hydrogen (secondary N) is 1. The number of rotatable bonds is 7. The summed E-state index contributed by atoms with van der Waals surface area (Å²) in [5, 5.41) is 12.3. The van der Waals surface area contributed by atoms with Crippen molar-refractivity contribution in [3.05, 3.63) is 0 Å². The van der Waals surface area contributed by atoms with Gasteiger partial charge in [-0.25, -0.2) is 4.79 Å².